The lowest BCUT2D eigenvalue weighted by molar-refractivity contribution is 0.302. The van der Waals surface area contributed by atoms with E-state index in [2.05, 4.69) is 77.9 Å². The van der Waals surface area contributed by atoms with Crippen molar-refractivity contribution >= 4 is 0 Å². The molecule has 3 nitrogen and oxygen atoms in total. The van der Waals surface area contributed by atoms with Crippen molar-refractivity contribution in [3.05, 3.63) is 118 Å². The molecule has 2 aliphatic rings. The number of phenols is 1. The van der Waals surface area contributed by atoms with Crippen molar-refractivity contribution in [2.45, 2.75) is 77.2 Å². The molecule has 1 atom stereocenters. The van der Waals surface area contributed by atoms with E-state index in [1.807, 2.05) is 42.5 Å². The highest BCUT2D eigenvalue weighted by molar-refractivity contribution is 5.63. The van der Waals surface area contributed by atoms with Gasteiger partial charge >= 0.3 is 0 Å². The van der Waals surface area contributed by atoms with Crippen molar-refractivity contribution < 1.29 is 14.6 Å². The van der Waals surface area contributed by atoms with E-state index in [4.69, 9.17) is 9.47 Å². The Morgan fingerprint density at radius 2 is 1.36 bits per heavy atom. The number of hydrogen-bond acceptors (Lipinski definition) is 3. The van der Waals surface area contributed by atoms with Crippen LogP contribution in [0.4, 0.5) is 0 Å². The molecule has 0 aromatic heterocycles. The minimum absolute atomic E-state index is 0.0282. The number of rotatable bonds is 5. The SMILES string of the molecule is Cc1ccc(Oc2cc3c(cc2C)C(C)(C)CC32CC(C)(C)c3cc(O)ccc32)cc1OCc1ccccc1. The molecule has 0 saturated carbocycles. The van der Waals surface area contributed by atoms with E-state index in [0.29, 0.717) is 12.4 Å². The van der Waals surface area contributed by atoms with Crippen molar-refractivity contribution in [1.29, 1.82) is 0 Å². The van der Waals surface area contributed by atoms with Gasteiger partial charge in [-0.05, 0) is 101 Å². The average Bonchev–Trinajstić information content (AvgIpc) is 3.24. The molecule has 39 heavy (non-hydrogen) atoms. The van der Waals surface area contributed by atoms with Gasteiger partial charge in [0.15, 0.2) is 0 Å². The fourth-order valence-electron chi connectivity index (χ4n) is 7.21. The molecule has 0 saturated heterocycles. The van der Waals surface area contributed by atoms with Crippen LogP contribution in [0.15, 0.2) is 78.9 Å². The molecule has 2 aliphatic carbocycles. The third-order valence-corrected chi connectivity index (χ3v) is 8.92. The molecule has 0 aliphatic heterocycles. The Morgan fingerprint density at radius 3 is 2.08 bits per heavy atom. The number of hydrogen-bond donors (Lipinski definition) is 1. The number of ether oxygens (including phenoxy) is 2. The van der Waals surface area contributed by atoms with Crippen LogP contribution in [0.2, 0.25) is 0 Å². The first kappa shape index (κ1) is 25.6. The topological polar surface area (TPSA) is 38.7 Å². The summed E-state index contributed by atoms with van der Waals surface area (Å²) in [6.07, 6.45) is 2.06. The Morgan fingerprint density at radius 1 is 0.667 bits per heavy atom. The molecule has 4 aromatic rings. The van der Waals surface area contributed by atoms with E-state index in [-0.39, 0.29) is 16.2 Å². The Labute approximate surface area is 232 Å². The second kappa shape index (κ2) is 8.91. The summed E-state index contributed by atoms with van der Waals surface area (Å²) in [4.78, 5) is 0. The van der Waals surface area contributed by atoms with Gasteiger partial charge in [-0.15, -0.1) is 0 Å². The zero-order chi connectivity index (χ0) is 27.6. The van der Waals surface area contributed by atoms with Crippen molar-refractivity contribution in [2.75, 3.05) is 0 Å². The Balaban J connectivity index is 1.38. The molecule has 0 amide bonds. The van der Waals surface area contributed by atoms with E-state index in [0.717, 1.165) is 46.8 Å². The molecule has 0 bridgehead atoms. The largest absolute Gasteiger partial charge is 0.508 e. The van der Waals surface area contributed by atoms with Crippen molar-refractivity contribution in [3.63, 3.8) is 0 Å². The van der Waals surface area contributed by atoms with Gasteiger partial charge in [0, 0.05) is 11.5 Å². The first-order valence-electron chi connectivity index (χ1n) is 13.9. The third kappa shape index (κ3) is 4.29. The van der Waals surface area contributed by atoms with Crippen LogP contribution in [0, 0.1) is 13.8 Å². The molecule has 6 rings (SSSR count). The van der Waals surface area contributed by atoms with Crippen LogP contribution in [-0.2, 0) is 22.9 Å². The predicted molar refractivity (Wildman–Crippen MR) is 157 cm³/mol. The normalized spacial score (nSPS) is 20.1. The Kier molecular flexibility index (Phi) is 5.84. The maximum atomic E-state index is 10.3. The Bertz CT molecular complexity index is 1560. The summed E-state index contributed by atoms with van der Waals surface area (Å²) in [5, 5.41) is 10.3. The van der Waals surface area contributed by atoms with Crippen LogP contribution in [0.3, 0.4) is 0 Å². The number of benzene rings is 4. The lowest BCUT2D eigenvalue weighted by Gasteiger charge is -2.30. The summed E-state index contributed by atoms with van der Waals surface area (Å²) < 4.78 is 12.8. The molecular formula is C36H38O3. The zero-order valence-corrected chi connectivity index (χ0v) is 23.9. The van der Waals surface area contributed by atoms with E-state index in [1.165, 1.54) is 22.3 Å². The standard InChI is InChI=1S/C36H38O3/c1-23-12-14-27(18-32(23)38-20-25-10-8-7-9-11-25)39-33-19-31-29(16-24(33)2)34(3,4)21-36(31)22-35(5,6)30-17-26(37)13-15-28(30)36/h7-19,37H,20-22H2,1-6H3. The number of aryl methyl sites for hydroxylation is 2. The highest BCUT2D eigenvalue weighted by Gasteiger charge is 2.56. The lowest BCUT2D eigenvalue weighted by atomic mass is 9.72. The van der Waals surface area contributed by atoms with E-state index in [1.54, 1.807) is 0 Å². The van der Waals surface area contributed by atoms with Gasteiger partial charge in [0.1, 0.15) is 29.6 Å². The van der Waals surface area contributed by atoms with Crippen LogP contribution < -0.4 is 9.47 Å². The molecule has 0 heterocycles. The fraction of sp³-hybridized carbons (Fsp3) is 0.333. The van der Waals surface area contributed by atoms with Crippen molar-refractivity contribution in [1.82, 2.24) is 0 Å². The minimum atomic E-state index is -0.103. The van der Waals surface area contributed by atoms with Gasteiger partial charge in [0.25, 0.3) is 0 Å². The fourth-order valence-corrected chi connectivity index (χ4v) is 7.21. The smallest absolute Gasteiger partial charge is 0.131 e. The second-order valence-corrected chi connectivity index (χ2v) is 12.9. The first-order chi connectivity index (χ1) is 18.5. The Hall–Kier alpha value is -3.72. The molecular weight excluding hydrogens is 480 g/mol. The first-order valence-corrected chi connectivity index (χ1v) is 13.9. The van der Waals surface area contributed by atoms with Crippen LogP contribution in [-0.4, -0.2) is 5.11 Å². The average molecular weight is 519 g/mol. The minimum Gasteiger partial charge on any atom is -0.508 e. The zero-order valence-electron chi connectivity index (χ0n) is 23.9. The van der Waals surface area contributed by atoms with Gasteiger partial charge in [-0.1, -0.05) is 76.2 Å². The summed E-state index contributed by atoms with van der Waals surface area (Å²) >= 11 is 0. The van der Waals surface area contributed by atoms with Gasteiger partial charge in [0.2, 0.25) is 0 Å². The van der Waals surface area contributed by atoms with Crippen molar-refractivity contribution in [3.8, 4) is 23.0 Å². The van der Waals surface area contributed by atoms with Gasteiger partial charge in [0.05, 0.1) is 0 Å². The van der Waals surface area contributed by atoms with Crippen LogP contribution in [0.25, 0.3) is 0 Å². The summed E-state index contributed by atoms with van der Waals surface area (Å²) in [6.45, 7) is 14.1. The monoisotopic (exact) mass is 518 g/mol. The van der Waals surface area contributed by atoms with E-state index >= 15 is 0 Å². The molecule has 1 spiro atoms. The molecule has 1 N–H and O–H groups in total. The van der Waals surface area contributed by atoms with E-state index in [9.17, 15) is 5.11 Å². The number of phenolic OH excluding ortho intramolecular Hbond substituents is 1. The molecule has 4 aromatic carbocycles. The molecule has 1 unspecified atom stereocenters. The van der Waals surface area contributed by atoms with Crippen LogP contribution in [0.1, 0.15) is 79.5 Å². The predicted octanol–water partition coefficient (Wildman–Crippen LogP) is 9.03. The molecule has 200 valence electrons. The summed E-state index contributed by atoms with van der Waals surface area (Å²) in [5.74, 6) is 2.83. The molecule has 0 fully saturated rings. The number of aromatic hydroxyl groups is 1. The molecule has 0 radical (unpaired) electrons. The third-order valence-electron chi connectivity index (χ3n) is 8.92. The molecule has 3 heteroatoms. The van der Waals surface area contributed by atoms with E-state index < -0.39 is 0 Å². The summed E-state index contributed by atoms with van der Waals surface area (Å²) in [5.41, 5.74) is 8.63. The maximum Gasteiger partial charge on any atom is 0.131 e. The van der Waals surface area contributed by atoms with Gasteiger partial charge in [-0.2, -0.15) is 0 Å². The second-order valence-electron chi connectivity index (χ2n) is 12.9. The summed E-state index contributed by atoms with van der Waals surface area (Å²) in [6, 6.07) is 26.9. The summed E-state index contributed by atoms with van der Waals surface area (Å²) in [7, 11) is 0. The van der Waals surface area contributed by atoms with Crippen molar-refractivity contribution in [2.24, 2.45) is 0 Å². The van der Waals surface area contributed by atoms with Crippen LogP contribution in [0.5, 0.6) is 23.0 Å². The van der Waals surface area contributed by atoms with Crippen LogP contribution >= 0.6 is 0 Å². The van der Waals surface area contributed by atoms with Gasteiger partial charge in [-0.25, -0.2) is 0 Å². The number of fused-ring (bicyclic) bond motifs is 4. The highest BCUT2D eigenvalue weighted by Crippen LogP contribution is 2.63. The maximum absolute atomic E-state index is 10.3. The highest BCUT2D eigenvalue weighted by atomic mass is 16.5. The lowest BCUT2D eigenvalue weighted by Crippen LogP contribution is -2.26. The van der Waals surface area contributed by atoms with Gasteiger partial charge in [-0.3, -0.25) is 0 Å². The quantitative estimate of drug-likeness (QED) is 0.286. The van der Waals surface area contributed by atoms with Gasteiger partial charge < -0.3 is 14.6 Å².